The van der Waals surface area contributed by atoms with E-state index in [1.54, 1.807) is 22.5 Å². The Hall–Kier alpha value is -1.50. The number of nitrogens with zero attached hydrogens (tertiary/aromatic N) is 2. The number of carbonyl (C=O) groups excluding carboxylic acids is 1. The van der Waals surface area contributed by atoms with Crippen molar-refractivity contribution in [2.75, 3.05) is 12.0 Å². The van der Waals surface area contributed by atoms with E-state index in [1.807, 2.05) is 20.1 Å². The summed E-state index contributed by atoms with van der Waals surface area (Å²) in [4.78, 5) is 23.3. The lowest BCUT2D eigenvalue weighted by molar-refractivity contribution is -0.139. The number of nitrogens with one attached hydrogen (secondary N) is 1. The molecule has 6 nitrogen and oxygen atoms in total. The summed E-state index contributed by atoms with van der Waals surface area (Å²) >= 11 is 1.55. The summed E-state index contributed by atoms with van der Waals surface area (Å²) in [5.74, 6) is -0.706. The molecule has 0 unspecified atom stereocenters. The van der Waals surface area contributed by atoms with Crippen molar-refractivity contribution < 1.29 is 14.7 Å². The Bertz CT molecular complexity index is 473. The van der Waals surface area contributed by atoms with Gasteiger partial charge in [0.2, 0.25) is 0 Å². The lowest BCUT2D eigenvalue weighted by Crippen LogP contribution is -2.41. The molecule has 112 valence electrons. The minimum Gasteiger partial charge on any atom is -0.480 e. The molecule has 1 heterocycles. The van der Waals surface area contributed by atoms with Crippen molar-refractivity contribution in [1.82, 2.24) is 15.1 Å². The van der Waals surface area contributed by atoms with Crippen molar-refractivity contribution in [2.24, 2.45) is 0 Å². The molecule has 0 saturated carbocycles. The van der Waals surface area contributed by atoms with Crippen molar-refractivity contribution in [3.8, 4) is 0 Å². The Labute approximate surface area is 122 Å². The summed E-state index contributed by atoms with van der Waals surface area (Å²) in [5.41, 5.74) is 1.24. The number of hydrogen-bond acceptors (Lipinski definition) is 4. The third-order valence-corrected chi connectivity index (χ3v) is 3.58. The smallest absolute Gasteiger partial charge is 0.326 e. The Morgan fingerprint density at radius 3 is 2.70 bits per heavy atom. The first-order chi connectivity index (χ1) is 9.53. The molecule has 1 aromatic rings. The van der Waals surface area contributed by atoms with E-state index in [1.165, 1.54) is 0 Å². The van der Waals surface area contributed by atoms with Gasteiger partial charge in [-0.2, -0.15) is 16.9 Å². The molecule has 1 aromatic heterocycles. The van der Waals surface area contributed by atoms with Crippen LogP contribution >= 0.6 is 11.8 Å². The summed E-state index contributed by atoms with van der Waals surface area (Å²) in [7, 11) is 0. The number of rotatable bonds is 8. The van der Waals surface area contributed by atoms with Crippen LogP contribution < -0.4 is 5.32 Å². The van der Waals surface area contributed by atoms with Gasteiger partial charge < -0.3 is 10.4 Å². The van der Waals surface area contributed by atoms with Crippen LogP contribution in [0.5, 0.6) is 0 Å². The predicted octanol–water partition coefficient (Wildman–Crippen LogP) is 1.40. The number of aliphatic carboxylic acids is 1. The minimum atomic E-state index is -1.01. The zero-order chi connectivity index (χ0) is 15.1. The minimum absolute atomic E-state index is 0.382. The topological polar surface area (TPSA) is 84.2 Å². The number of amides is 1. The van der Waals surface area contributed by atoms with Crippen molar-refractivity contribution in [3.05, 3.63) is 17.5 Å². The molecule has 0 bridgehead atoms. The largest absolute Gasteiger partial charge is 0.480 e. The number of aryl methyl sites for hydroxylation is 2. The lowest BCUT2D eigenvalue weighted by Gasteiger charge is -2.14. The van der Waals surface area contributed by atoms with Gasteiger partial charge in [0.05, 0.1) is 5.69 Å². The Kier molecular flexibility index (Phi) is 6.57. The highest BCUT2D eigenvalue weighted by Gasteiger charge is 2.22. The van der Waals surface area contributed by atoms with Crippen LogP contribution in [0.25, 0.3) is 0 Å². The molecular weight excluding hydrogens is 278 g/mol. The average Bonchev–Trinajstić information content (AvgIpc) is 2.86. The molecule has 1 atom stereocenters. The molecule has 0 radical (unpaired) electrons. The SMILES string of the molecule is CCc1cc(C(=O)N[C@H](CCSC)C(=O)O)n(CC)n1. The van der Waals surface area contributed by atoms with Crippen LogP contribution in [0.15, 0.2) is 6.07 Å². The summed E-state index contributed by atoms with van der Waals surface area (Å²) in [5, 5.41) is 16.0. The number of carboxylic acid groups (broad SMARTS) is 1. The molecule has 1 rings (SSSR count). The Morgan fingerprint density at radius 1 is 1.50 bits per heavy atom. The fourth-order valence-electron chi connectivity index (χ4n) is 1.79. The maximum absolute atomic E-state index is 12.2. The van der Waals surface area contributed by atoms with E-state index in [-0.39, 0.29) is 5.91 Å². The van der Waals surface area contributed by atoms with Crippen molar-refractivity contribution in [1.29, 1.82) is 0 Å². The van der Waals surface area contributed by atoms with E-state index in [0.717, 1.165) is 12.1 Å². The fourth-order valence-corrected chi connectivity index (χ4v) is 2.26. The van der Waals surface area contributed by atoms with Gasteiger partial charge >= 0.3 is 5.97 Å². The second kappa shape index (κ2) is 7.94. The monoisotopic (exact) mass is 299 g/mol. The number of carbonyl (C=O) groups is 2. The van der Waals surface area contributed by atoms with Gasteiger partial charge in [-0.05, 0) is 37.8 Å². The standard InChI is InChI=1S/C13H21N3O3S/c1-4-9-8-11(16(5-2)15-9)12(17)14-10(13(18)19)6-7-20-3/h8,10H,4-7H2,1-3H3,(H,14,17)(H,18,19)/t10-/m1/s1. The molecule has 0 aromatic carbocycles. The third-order valence-electron chi connectivity index (χ3n) is 2.94. The summed E-state index contributed by atoms with van der Waals surface area (Å²) in [6.07, 6.45) is 3.05. The molecule has 0 spiro atoms. The Balaban J connectivity index is 2.82. The van der Waals surface area contributed by atoms with Crippen LogP contribution in [-0.4, -0.2) is 44.8 Å². The molecule has 20 heavy (non-hydrogen) atoms. The molecule has 1 amide bonds. The highest BCUT2D eigenvalue weighted by Crippen LogP contribution is 2.07. The first-order valence-corrected chi connectivity index (χ1v) is 8.02. The maximum Gasteiger partial charge on any atom is 0.326 e. The molecular formula is C13H21N3O3S. The van der Waals surface area contributed by atoms with Crippen LogP contribution in [-0.2, 0) is 17.8 Å². The molecule has 0 aliphatic heterocycles. The van der Waals surface area contributed by atoms with E-state index in [2.05, 4.69) is 10.4 Å². The van der Waals surface area contributed by atoms with E-state index >= 15 is 0 Å². The van der Waals surface area contributed by atoms with Gasteiger partial charge in [0.15, 0.2) is 0 Å². The number of hydrogen-bond donors (Lipinski definition) is 2. The van der Waals surface area contributed by atoms with E-state index < -0.39 is 12.0 Å². The number of thioether (sulfide) groups is 1. The van der Waals surface area contributed by atoms with Crippen molar-refractivity contribution in [2.45, 2.75) is 39.3 Å². The van der Waals surface area contributed by atoms with Crippen LogP contribution in [0, 0.1) is 0 Å². The summed E-state index contributed by atoms with van der Waals surface area (Å²) < 4.78 is 1.60. The van der Waals surface area contributed by atoms with Crippen LogP contribution in [0.2, 0.25) is 0 Å². The lowest BCUT2D eigenvalue weighted by atomic mass is 10.2. The van der Waals surface area contributed by atoms with Gasteiger partial charge in [0.1, 0.15) is 11.7 Å². The molecule has 7 heteroatoms. The number of aromatic nitrogens is 2. The zero-order valence-corrected chi connectivity index (χ0v) is 12.9. The second-order valence-electron chi connectivity index (χ2n) is 4.34. The Morgan fingerprint density at radius 2 is 2.20 bits per heavy atom. The summed E-state index contributed by atoms with van der Waals surface area (Å²) in [6.45, 7) is 4.43. The van der Waals surface area contributed by atoms with Crippen LogP contribution in [0.4, 0.5) is 0 Å². The fraction of sp³-hybridized carbons (Fsp3) is 0.615. The predicted molar refractivity (Wildman–Crippen MR) is 79.2 cm³/mol. The molecule has 0 fully saturated rings. The summed E-state index contributed by atoms with van der Waals surface area (Å²) in [6, 6.07) is 0.854. The quantitative estimate of drug-likeness (QED) is 0.758. The molecule has 0 saturated heterocycles. The van der Waals surface area contributed by atoms with Crippen LogP contribution in [0.3, 0.4) is 0 Å². The first-order valence-electron chi connectivity index (χ1n) is 6.62. The van der Waals surface area contributed by atoms with E-state index in [0.29, 0.717) is 24.4 Å². The van der Waals surface area contributed by atoms with E-state index in [4.69, 9.17) is 5.11 Å². The van der Waals surface area contributed by atoms with Crippen molar-refractivity contribution in [3.63, 3.8) is 0 Å². The zero-order valence-electron chi connectivity index (χ0n) is 12.0. The molecule has 0 aliphatic carbocycles. The second-order valence-corrected chi connectivity index (χ2v) is 5.32. The number of carboxylic acids is 1. The highest BCUT2D eigenvalue weighted by molar-refractivity contribution is 7.98. The first kappa shape index (κ1) is 16.6. The van der Waals surface area contributed by atoms with Gasteiger partial charge in [-0.25, -0.2) is 4.79 Å². The van der Waals surface area contributed by atoms with E-state index in [9.17, 15) is 9.59 Å². The van der Waals surface area contributed by atoms with Gasteiger partial charge in [-0.3, -0.25) is 9.48 Å². The third kappa shape index (κ3) is 4.26. The van der Waals surface area contributed by atoms with Gasteiger partial charge in [-0.15, -0.1) is 0 Å². The van der Waals surface area contributed by atoms with Gasteiger partial charge in [0.25, 0.3) is 5.91 Å². The molecule has 2 N–H and O–H groups in total. The molecule has 0 aliphatic rings. The van der Waals surface area contributed by atoms with Gasteiger partial charge in [0, 0.05) is 6.54 Å². The highest BCUT2D eigenvalue weighted by atomic mass is 32.2. The maximum atomic E-state index is 12.2. The van der Waals surface area contributed by atoms with Gasteiger partial charge in [-0.1, -0.05) is 6.92 Å². The van der Waals surface area contributed by atoms with Crippen molar-refractivity contribution >= 4 is 23.6 Å². The normalized spacial score (nSPS) is 12.2. The van der Waals surface area contributed by atoms with Crippen LogP contribution in [0.1, 0.15) is 36.5 Å². The average molecular weight is 299 g/mol.